The SMILES string of the molecule is COC(=O)C1=COC(O)[C@]2(O)C(C)C=C[C@H]12. The highest BCUT2D eigenvalue weighted by molar-refractivity contribution is 5.89. The Morgan fingerprint density at radius 1 is 1.56 bits per heavy atom. The number of aliphatic hydroxyl groups is 2. The first-order valence-electron chi connectivity index (χ1n) is 5.04. The number of hydrogen-bond acceptors (Lipinski definition) is 5. The summed E-state index contributed by atoms with van der Waals surface area (Å²) in [4.78, 5) is 11.5. The van der Waals surface area contributed by atoms with Crippen LogP contribution in [0.5, 0.6) is 0 Å². The lowest BCUT2D eigenvalue weighted by atomic mass is 9.78. The summed E-state index contributed by atoms with van der Waals surface area (Å²) in [5.74, 6) is -1.44. The van der Waals surface area contributed by atoms with Gasteiger partial charge in [-0.25, -0.2) is 4.79 Å². The van der Waals surface area contributed by atoms with E-state index in [0.717, 1.165) is 6.26 Å². The normalized spacial score (nSPS) is 41.0. The molecular weight excluding hydrogens is 212 g/mol. The van der Waals surface area contributed by atoms with Gasteiger partial charge in [-0.05, 0) is 0 Å². The minimum atomic E-state index is -1.49. The van der Waals surface area contributed by atoms with Crippen molar-refractivity contribution in [1.29, 1.82) is 0 Å². The quantitative estimate of drug-likeness (QED) is 0.484. The van der Waals surface area contributed by atoms with Gasteiger partial charge in [-0.15, -0.1) is 0 Å². The van der Waals surface area contributed by atoms with Crippen LogP contribution in [0.1, 0.15) is 6.92 Å². The summed E-state index contributed by atoms with van der Waals surface area (Å²) in [6, 6.07) is 0. The summed E-state index contributed by atoms with van der Waals surface area (Å²) in [5.41, 5.74) is -1.27. The molecule has 4 atom stereocenters. The van der Waals surface area contributed by atoms with Crippen LogP contribution >= 0.6 is 0 Å². The molecule has 5 heteroatoms. The Kier molecular flexibility index (Phi) is 2.52. The van der Waals surface area contributed by atoms with E-state index in [4.69, 9.17) is 4.74 Å². The molecule has 0 aromatic heterocycles. The molecule has 0 amide bonds. The molecule has 0 radical (unpaired) electrons. The molecule has 2 unspecified atom stereocenters. The highest BCUT2D eigenvalue weighted by Gasteiger charge is 2.55. The van der Waals surface area contributed by atoms with Crippen LogP contribution in [0, 0.1) is 11.8 Å². The number of methoxy groups -OCH3 is 1. The minimum absolute atomic E-state index is 0.218. The zero-order valence-electron chi connectivity index (χ0n) is 9.08. The van der Waals surface area contributed by atoms with Gasteiger partial charge >= 0.3 is 5.97 Å². The molecule has 88 valence electrons. The van der Waals surface area contributed by atoms with Gasteiger partial charge in [0.1, 0.15) is 5.60 Å². The maximum atomic E-state index is 11.5. The van der Waals surface area contributed by atoms with Crippen LogP contribution in [0.4, 0.5) is 0 Å². The van der Waals surface area contributed by atoms with E-state index in [2.05, 4.69) is 4.74 Å². The summed E-state index contributed by atoms with van der Waals surface area (Å²) in [6.07, 6.45) is 3.26. The average molecular weight is 226 g/mol. The molecule has 0 fully saturated rings. The van der Waals surface area contributed by atoms with Crippen molar-refractivity contribution in [2.75, 3.05) is 7.11 Å². The van der Waals surface area contributed by atoms with E-state index in [1.165, 1.54) is 7.11 Å². The Bertz CT molecular complexity index is 373. The van der Waals surface area contributed by atoms with Gasteiger partial charge in [0, 0.05) is 11.8 Å². The Labute approximate surface area is 93.0 Å². The van der Waals surface area contributed by atoms with Crippen LogP contribution in [0.3, 0.4) is 0 Å². The van der Waals surface area contributed by atoms with Gasteiger partial charge in [0.25, 0.3) is 0 Å². The zero-order valence-corrected chi connectivity index (χ0v) is 9.08. The molecule has 2 rings (SSSR count). The standard InChI is InChI=1S/C11H14O5/c1-6-3-4-8-7(9(12)15-2)5-16-10(13)11(6,8)14/h3-6,8,10,13-14H,1-2H3/t6?,8-,10?,11+/m1/s1. The third-order valence-corrected chi connectivity index (χ3v) is 3.30. The Morgan fingerprint density at radius 2 is 2.25 bits per heavy atom. The van der Waals surface area contributed by atoms with Gasteiger partial charge in [-0.2, -0.15) is 0 Å². The molecule has 0 bridgehead atoms. The lowest BCUT2D eigenvalue weighted by molar-refractivity contribution is -0.221. The van der Waals surface area contributed by atoms with E-state index in [9.17, 15) is 15.0 Å². The first-order valence-corrected chi connectivity index (χ1v) is 5.04. The first kappa shape index (κ1) is 11.2. The molecule has 1 heterocycles. The van der Waals surface area contributed by atoms with E-state index in [-0.39, 0.29) is 11.5 Å². The van der Waals surface area contributed by atoms with Crippen molar-refractivity contribution in [3.05, 3.63) is 24.0 Å². The van der Waals surface area contributed by atoms with E-state index >= 15 is 0 Å². The number of carbonyl (C=O) groups is 1. The number of aliphatic hydroxyl groups excluding tert-OH is 1. The van der Waals surface area contributed by atoms with Crippen molar-refractivity contribution >= 4 is 5.97 Å². The van der Waals surface area contributed by atoms with Crippen LogP contribution < -0.4 is 0 Å². The van der Waals surface area contributed by atoms with E-state index in [1.54, 1.807) is 19.1 Å². The number of hydrogen-bond donors (Lipinski definition) is 2. The summed E-state index contributed by atoms with van der Waals surface area (Å²) in [7, 11) is 1.26. The first-order chi connectivity index (χ1) is 7.51. The van der Waals surface area contributed by atoms with Crippen molar-refractivity contribution in [2.45, 2.75) is 18.8 Å². The van der Waals surface area contributed by atoms with Crippen molar-refractivity contribution < 1.29 is 24.5 Å². The summed E-state index contributed by atoms with van der Waals surface area (Å²) in [5, 5.41) is 20.0. The molecule has 0 saturated heterocycles. The van der Waals surface area contributed by atoms with E-state index < -0.39 is 23.8 Å². The van der Waals surface area contributed by atoms with Crippen LogP contribution in [0.25, 0.3) is 0 Å². The molecule has 2 N–H and O–H groups in total. The third kappa shape index (κ3) is 1.28. The van der Waals surface area contributed by atoms with Gasteiger partial charge in [0.15, 0.2) is 0 Å². The lowest BCUT2D eigenvalue weighted by Crippen LogP contribution is -2.54. The smallest absolute Gasteiger partial charge is 0.337 e. The number of fused-ring (bicyclic) bond motifs is 1. The second-order valence-electron chi connectivity index (χ2n) is 4.09. The van der Waals surface area contributed by atoms with Crippen LogP contribution in [0.15, 0.2) is 24.0 Å². The monoisotopic (exact) mass is 226 g/mol. The molecule has 5 nitrogen and oxygen atoms in total. The summed E-state index contributed by atoms with van der Waals surface area (Å²) >= 11 is 0. The Hall–Kier alpha value is -1.33. The zero-order chi connectivity index (χ0) is 11.9. The predicted octanol–water partition coefficient (Wildman–Crippen LogP) is -0.0549. The maximum Gasteiger partial charge on any atom is 0.337 e. The summed E-state index contributed by atoms with van der Waals surface area (Å²) in [6.45, 7) is 1.75. The topological polar surface area (TPSA) is 76.0 Å². The van der Waals surface area contributed by atoms with Gasteiger partial charge in [0.05, 0.1) is 18.9 Å². The van der Waals surface area contributed by atoms with Crippen LogP contribution in [-0.2, 0) is 14.3 Å². The highest BCUT2D eigenvalue weighted by atomic mass is 16.6. The van der Waals surface area contributed by atoms with Gasteiger partial charge < -0.3 is 19.7 Å². The number of esters is 1. The second-order valence-corrected chi connectivity index (χ2v) is 4.09. The summed E-state index contributed by atoms with van der Waals surface area (Å²) < 4.78 is 9.50. The maximum absolute atomic E-state index is 11.5. The average Bonchev–Trinajstić information content (AvgIpc) is 2.58. The van der Waals surface area contributed by atoms with Crippen molar-refractivity contribution in [3.8, 4) is 0 Å². The molecule has 16 heavy (non-hydrogen) atoms. The highest BCUT2D eigenvalue weighted by Crippen LogP contribution is 2.44. The fraction of sp³-hybridized carbons (Fsp3) is 0.545. The molecule has 1 aliphatic carbocycles. The molecule has 0 aromatic rings. The van der Waals surface area contributed by atoms with E-state index in [1.807, 2.05) is 0 Å². The molecule has 0 spiro atoms. The molecule has 0 saturated carbocycles. The molecular formula is C11H14O5. The van der Waals surface area contributed by atoms with Crippen molar-refractivity contribution in [2.24, 2.45) is 11.8 Å². The number of rotatable bonds is 1. The largest absolute Gasteiger partial charge is 0.469 e. The van der Waals surface area contributed by atoms with Crippen LogP contribution in [0.2, 0.25) is 0 Å². The molecule has 0 aromatic carbocycles. The lowest BCUT2D eigenvalue weighted by Gasteiger charge is -2.40. The molecule has 2 aliphatic rings. The van der Waals surface area contributed by atoms with Gasteiger partial charge in [-0.3, -0.25) is 0 Å². The second kappa shape index (κ2) is 3.61. The fourth-order valence-electron chi connectivity index (χ4n) is 2.21. The predicted molar refractivity (Wildman–Crippen MR) is 53.9 cm³/mol. The fourth-order valence-corrected chi connectivity index (χ4v) is 2.21. The number of carbonyl (C=O) groups excluding carboxylic acids is 1. The molecule has 1 aliphatic heterocycles. The minimum Gasteiger partial charge on any atom is -0.469 e. The Morgan fingerprint density at radius 3 is 2.88 bits per heavy atom. The Balaban J connectivity index is 2.39. The van der Waals surface area contributed by atoms with Gasteiger partial charge in [0.2, 0.25) is 6.29 Å². The third-order valence-electron chi connectivity index (χ3n) is 3.30. The van der Waals surface area contributed by atoms with Gasteiger partial charge in [-0.1, -0.05) is 19.1 Å². The van der Waals surface area contributed by atoms with Crippen molar-refractivity contribution in [1.82, 2.24) is 0 Å². The number of ether oxygens (including phenoxy) is 2. The van der Waals surface area contributed by atoms with Crippen molar-refractivity contribution in [3.63, 3.8) is 0 Å². The van der Waals surface area contributed by atoms with Crippen LogP contribution in [-0.4, -0.2) is 35.2 Å². The van der Waals surface area contributed by atoms with E-state index in [0.29, 0.717) is 0 Å².